The Morgan fingerprint density at radius 2 is 1.95 bits per heavy atom. The zero-order valence-electron chi connectivity index (χ0n) is 13.5. The fourth-order valence-corrected chi connectivity index (χ4v) is 2.77. The van der Waals surface area contributed by atoms with E-state index in [1.165, 1.54) is 38.0 Å². The topological polar surface area (TPSA) is 33.1 Å². The molecule has 0 radical (unpaired) electrons. The van der Waals surface area contributed by atoms with Crippen molar-refractivity contribution in [1.82, 2.24) is 19.8 Å². The van der Waals surface area contributed by atoms with Crippen LogP contribution in [0.15, 0.2) is 12.5 Å². The van der Waals surface area contributed by atoms with E-state index in [9.17, 15) is 0 Å². The minimum atomic E-state index is 0.146. The Hall–Kier alpha value is -0.870. The van der Waals surface area contributed by atoms with Crippen LogP contribution in [0, 0.1) is 0 Å². The first-order valence-electron chi connectivity index (χ1n) is 7.94. The van der Waals surface area contributed by atoms with Gasteiger partial charge in [-0.15, -0.1) is 0 Å². The molecule has 0 amide bonds. The molecule has 0 aliphatic carbocycles. The van der Waals surface area contributed by atoms with Gasteiger partial charge in [-0.3, -0.25) is 4.90 Å². The van der Waals surface area contributed by atoms with Crippen LogP contribution in [-0.2, 0) is 13.1 Å². The van der Waals surface area contributed by atoms with Crippen molar-refractivity contribution in [3.05, 3.63) is 18.2 Å². The molecule has 4 nitrogen and oxygen atoms in total. The maximum Gasteiger partial charge on any atom is 0.0949 e. The smallest absolute Gasteiger partial charge is 0.0949 e. The molecular weight excluding hydrogens is 248 g/mol. The molecule has 0 spiro atoms. The second kappa shape index (κ2) is 6.72. The Balaban J connectivity index is 1.90. The maximum absolute atomic E-state index is 4.33. The number of likely N-dealkylation sites (tertiary alicyclic amines) is 1. The minimum absolute atomic E-state index is 0.146. The summed E-state index contributed by atoms with van der Waals surface area (Å²) in [5, 5.41) is 3.54. The molecule has 2 rings (SSSR count). The van der Waals surface area contributed by atoms with Crippen molar-refractivity contribution in [1.29, 1.82) is 0 Å². The van der Waals surface area contributed by atoms with Gasteiger partial charge in [0.05, 0.1) is 12.0 Å². The second-order valence-electron chi connectivity index (χ2n) is 7.09. The first-order valence-corrected chi connectivity index (χ1v) is 7.94. The van der Waals surface area contributed by atoms with Crippen LogP contribution < -0.4 is 5.32 Å². The summed E-state index contributed by atoms with van der Waals surface area (Å²) in [5.74, 6) is 0. The van der Waals surface area contributed by atoms with Crippen molar-refractivity contribution in [2.24, 2.45) is 0 Å². The number of hydrogen-bond acceptors (Lipinski definition) is 3. The largest absolute Gasteiger partial charge is 0.332 e. The summed E-state index contributed by atoms with van der Waals surface area (Å²) in [6.45, 7) is 13.4. The number of piperidine rings is 1. The molecule has 0 bridgehead atoms. The highest BCUT2D eigenvalue weighted by molar-refractivity contribution is 4.99. The van der Waals surface area contributed by atoms with Crippen molar-refractivity contribution in [2.75, 3.05) is 13.1 Å². The lowest BCUT2D eigenvalue weighted by Gasteiger charge is -2.33. The Morgan fingerprint density at radius 3 is 2.60 bits per heavy atom. The highest BCUT2D eigenvalue weighted by Crippen LogP contribution is 2.14. The van der Waals surface area contributed by atoms with Crippen molar-refractivity contribution in [2.45, 2.75) is 71.6 Å². The Bertz CT molecular complexity index is 399. The van der Waals surface area contributed by atoms with Crippen LogP contribution in [-0.4, -0.2) is 39.1 Å². The van der Waals surface area contributed by atoms with Gasteiger partial charge >= 0.3 is 0 Å². The van der Waals surface area contributed by atoms with Crippen LogP contribution in [0.5, 0.6) is 0 Å². The molecule has 1 fully saturated rings. The molecule has 1 saturated heterocycles. The lowest BCUT2D eigenvalue weighted by molar-refractivity contribution is 0.159. The molecule has 0 saturated carbocycles. The van der Waals surface area contributed by atoms with Gasteiger partial charge in [0, 0.05) is 30.9 Å². The predicted octanol–water partition coefficient (Wildman–Crippen LogP) is 2.65. The molecular formula is C16H30N4. The van der Waals surface area contributed by atoms with Gasteiger partial charge in [-0.25, -0.2) is 4.98 Å². The number of imidazole rings is 1. The molecule has 1 atom stereocenters. The van der Waals surface area contributed by atoms with E-state index in [4.69, 9.17) is 0 Å². The maximum atomic E-state index is 4.33. The van der Waals surface area contributed by atoms with E-state index in [1.807, 2.05) is 12.5 Å². The highest BCUT2D eigenvalue weighted by atomic mass is 15.2. The van der Waals surface area contributed by atoms with Crippen LogP contribution in [0.25, 0.3) is 0 Å². The van der Waals surface area contributed by atoms with E-state index in [0.717, 1.165) is 13.1 Å². The number of rotatable bonds is 5. The SMILES string of the molecule is CC(Cn1cncc1CNC(C)(C)C)N1CCCCC1. The van der Waals surface area contributed by atoms with Gasteiger partial charge in [-0.05, 0) is 53.6 Å². The van der Waals surface area contributed by atoms with Crippen LogP contribution in [0.4, 0.5) is 0 Å². The molecule has 1 unspecified atom stereocenters. The summed E-state index contributed by atoms with van der Waals surface area (Å²) in [6, 6.07) is 0.595. The van der Waals surface area contributed by atoms with Crippen LogP contribution >= 0.6 is 0 Å². The lowest BCUT2D eigenvalue weighted by Crippen LogP contribution is -2.40. The normalized spacial score (nSPS) is 19.2. The van der Waals surface area contributed by atoms with E-state index in [2.05, 4.69) is 47.5 Å². The summed E-state index contributed by atoms with van der Waals surface area (Å²) < 4.78 is 2.30. The Kier molecular flexibility index (Phi) is 5.22. The van der Waals surface area contributed by atoms with Crippen molar-refractivity contribution in [3.63, 3.8) is 0 Å². The van der Waals surface area contributed by atoms with Crippen LogP contribution in [0.2, 0.25) is 0 Å². The molecule has 0 aromatic carbocycles. The minimum Gasteiger partial charge on any atom is -0.332 e. The van der Waals surface area contributed by atoms with Crippen molar-refractivity contribution in [3.8, 4) is 0 Å². The lowest BCUT2D eigenvalue weighted by atomic mass is 10.1. The summed E-state index contributed by atoms with van der Waals surface area (Å²) in [5.41, 5.74) is 1.43. The van der Waals surface area contributed by atoms with E-state index in [-0.39, 0.29) is 5.54 Å². The average molecular weight is 278 g/mol. The molecule has 2 heterocycles. The standard InChI is InChI=1S/C16H30N4/c1-14(19-8-6-5-7-9-19)12-20-13-17-10-15(20)11-18-16(2,3)4/h10,13-14,18H,5-9,11-12H2,1-4H3. The summed E-state index contributed by atoms with van der Waals surface area (Å²) >= 11 is 0. The van der Waals surface area contributed by atoms with Gasteiger partial charge in [-0.1, -0.05) is 6.42 Å². The summed E-state index contributed by atoms with van der Waals surface area (Å²) in [6.07, 6.45) is 8.07. The third-order valence-electron chi connectivity index (χ3n) is 4.07. The fourth-order valence-electron chi connectivity index (χ4n) is 2.77. The Morgan fingerprint density at radius 1 is 1.25 bits per heavy atom. The van der Waals surface area contributed by atoms with Crippen LogP contribution in [0.3, 0.4) is 0 Å². The molecule has 1 aromatic heterocycles. The fraction of sp³-hybridized carbons (Fsp3) is 0.812. The molecule has 4 heteroatoms. The number of aromatic nitrogens is 2. The zero-order valence-corrected chi connectivity index (χ0v) is 13.5. The van der Waals surface area contributed by atoms with Crippen molar-refractivity contribution < 1.29 is 0 Å². The molecule has 1 aliphatic rings. The first kappa shape index (κ1) is 15.5. The molecule has 20 heavy (non-hydrogen) atoms. The monoisotopic (exact) mass is 278 g/mol. The quantitative estimate of drug-likeness (QED) is 0.899. The molecule has 1 aliphatic heterocycles. The molecule has 114 valence electrons. The summed E-state index contributed by atoms with van der Waals surface area (Å²) in [4.78, 5) is 6.94. The van der Waals surface area contributed by atoms with Gasteiger partial charge in [0.15, 0.2) is 0 Å². The van der Waals surface area contributed by atoms with Gasteiger partial charge in [0.2, 0.25) is 0 Å². The van der Waals surface area contributed by atoms with Gasteiger partial charge < -0.3 is 9.88 Å². The number of nitrogens with one attached hydrogen (secondary N) is 1. The van der Waals surface area contributed by atoms with Gasteiger partial charge in [-0.2, -0.15) is 0 Å². The number of hydrogen-bond donors (Lipinski definition) is 1. The Labute approximate surface area is 123 Å². The van der Waals surface area contributed by atoms with E-state index < -0.39 is 0 Å². The predicted molar refractivity (Wildman–Crippen MR) is 83.7 cm³/mol. The third kappa shape index (κ3) is 4.60. The highest BCUT2D eigenvalue weighted by Gasteiger charge is 2.18. The average Bonchev–Trinajstić information content (AvgIpc) is 2.84. The molecule has 1 aromatic rings. The van der Waals surface area contributed by atoms with Crippen LogP contribution in [0.1, 0.15) is 52.7 Å². The second-order valence-corrected chi connectivity index (χ2v) is 7.09. The van der Waals surface area contributed by atoms with Gasteiger partial charge in [0.25, 0.3) is 0 Å². The first-order chi connectivity index (χ1) is 9.46. The molecule has 1 N–H and O–H groups in total. The van der Waals surface area contributed by atoms with E-state index in [1.54, 1.807) is 0 Å². The zero-order chi connectivity index (χ0) is 14.6. The third-order valence-corrected chi connectivity index (χ3v) is 4.07. The van der Waals surface area contributed by atoms with Gasteiger partial charge in [0.1, 0.15) is 0 Å². The van der Waals surface area contributed by atoms with E-state index >= 15 is 0 Å². The number of nitrogens with zero attached hydrogens (tertiary/aromatic N) is 3. The van der Waals surface area contributed by atoms with Crippen molar-refractivity contribution >= 4 is 0 Å². The van der Waals surface area contributed by atoms with E-state index in [0.29, 0.717) is 6.04 Å². The summed E-state index contributed by atoms with van der Waals surface area (Å²) in [7, 11) is 0.